The van der Waals surface area contributed by atoms with Gasteiger partial charge in [0.25, 0.3) is 0 Å². The van der Waals surface area contributed by atoms with E-state index in [4.69, 9.17) is 13.6 Å². The first kappa shape index (κ1) is 8.39. The Balaban J connectivity index is 2.47. The van der Waals surface area contributed by atoms with Crippen molar-refractivity contribution in [3.05, 3.63) is 35.7 Å². The normalized spacial score (nSPS) is 10.2. The van der Waals surface area contributed by atoms with Crippen molar-refractivity contribution in [3.63, 3.8) is 0 Å². The lowest BCUT2D eigenvalue weighted by Crippen LogP contribution is -1.99. The highest BCUT2D eigenvalue weighted by molar-refractivity contribution is 7.14. The van der Waals surface area contributed by atoms with Gasteiger partial charge in [-0.1, -0.05) is 29.7 Å². The lowest BCUT2D eigenvalue weighted by atomic mass is 9.95. The molecule has 1 aromatic heterocycles. The van der Waals surface area contributed by atoms with Crippen LogP contribution in [0.1, 0.15) is 0 Å². The summed E-state index contributed by atoms with van der Waals surface area (Å²) in [5, 5.41) is 1.99. The predicted octanol–water partition coefficient (Wildman–Crippen LogP) is 1.79. The number of thiophene rings is 1. The molecule has 1 heterocycles. The van der Waals surface area contributed by atoms with Crippen LogP contribution in [0.15, 0.2) is 35.7 Å². The Morgan fingerprint density at radius 1 is 1.08 bits per heavy atom. The zero-order valence-corrected chi connectivity index (χ0v) is 7.84. The monoisotopic (exact) mass is 185 g/mol. The Morgan fingerprint density at radius 2 is 1.77 bits per heavy atom. The highest BCUT2D eigenvalue weighted by atomic mass is 32.1. The van der Waals surface area contributed by atoms with E-state index >= 15 is 0 Å². The predicted molar refractivity (Wildman–Crippen MR) is 59.6 cm³/mol. The van der Waals surface area contributed by atoms with Gasteiger partial charge in [-0.25, -0.2) is 0 Å². The van der Waals surface area contributed by atoms with Crippen molar-refractivity contribution in [2.45, 2.75) is 0 Å². The molecule has 0 bridgehead atoms. The first-order valence-electron chi connectivity index (χ1n) is 3.96. The molecule has 0 fully saturated rings. The Hall–Kier alpha value is -1.22. The fourth-order valence-corrected chi connectivity index (χ4v) is 2.02. The van der Waals surface area contributed by atoms with Crippen molar-refractivity contribution in [2.75, 3.05) is 5.73 Å². The molecular weight excluding hydrogens is 177 g/mol. The number of benzene rings is 1. The van der Waals surface area contributed by atoms with Crippen LogP contribution in [0.5, 0.6) is 0 Å². The molecule has 0 aliphatic carbocycles. The summed E-state index contributed by atoms with van der Waals surface area (Å²) in [5.74, 6) is 0. The standard InChI is InChI=1S/C10H8BNS/c11-8-3-1-7(2-4-8)10-9(12)5-6-13-10/h1-6H,12H2. The zero-order chi connectivity index (χ0) is 9.26. The van der Waals surface area contributed by atoms with E-state index in [-0.39, 0.29) is 0 Å². The summed E-state index contributed by atoms with van der Waals surface area (Å²) in [4.78, 5) is 1.11. The first-order valence-corrected chi connectivity index (χ1v) is 4.84. The molecule has 1 nitrogen and oxygen atoms in total. The van der Waals surface area contributed by atoms with Crippen molar-refractivity contribution in [1.82, 2.24) is 0 Å². The van der Waals surface area contributed by atoms with E-state index in [0.29, 0.717) is 0 Å². The van der Waals surface area contributed by atoms with Crippen LogP contribution in [0.4, 0.5) is 5.69 Å². The van der Waals surface area contributed by atoms with Gasteiger partial charge in [-0.3, -0.25) is 0 Å². The van der Waals surface area contributed by atoms with Gasteiger partial charge in [0.15, 0.2) is 0 Å². The second-order valence-electron chi connectivity index (χ2n) is 2.83. The molecule has 0 atom stereocenters. The summed E-state index contributed by atoms with van der Waals surface area (Å²) in [6.07, 6.45) is 0. The minimum absolute atomic E-state index is 0.777. The summed E-state index contributed by atoms with van der Waals surface area (Å²) in [6, 6.07) is 9.65. The highest BCUT2D eigenvalue weighted by Gasteiger charge is 2.02. The molecule has 13 heavy (non-hydrogen) atoms. The summed E-state index contributed by atoms with van der Waals surface area (Å²) in [6.45, 7) is 0. The SMILES string of the molecule is [B]c1ccc(-c2sccc2N)cc1. The molecule has 0 unspecified atom stereocenters. The number of rotatable bonds is 1. The minimum atomic E-state index is 0.777. The van der Waals surface area contributed by atoms with Gasteiger partial charge in [-0.15, -0.1) is 11.3 Å². The lowest BCUT2D eigenvalue weighted by Gasteiger charge is -1.99. The number of hydrogen-bond acceptors (Lipinski definition) is 2. The minimum Gasteiger partial charge on any atom is -0.398 e. The van der Waals surface area contributed by atoms with Gasteiger partial charge in [-0.2, -0.15) is 0 Å². The maximum atomic E-state index is 5.79. The van der Waals surface area contributed by atoms with Crippen molar-refractivity contribution in [2.24, 2.45) is 0 Å². The molecule has 0 aliphatic heterocycles. The molecule has 3 heteroatoms. The summed E-state index contributed by atoms with van der Waals surface area (Å²) >= 11 is 1.64. The molecule has 0 aliphatic rings. The molecule has 1 aromatic carbocycles. The van der Waals surface area contributed by atoms with Crippen LogP contribution in [-0.2, 0) is 0 Å². The Morgan fingerprint density at radius 3 is 2.31 bits per heavy atom. The molecule has 0 saturated heterocycles. The maximum absolute atomic E-state index is 5.79. The fourth-order valence-electron chi connectivity index (χ4n) is 1.19. The van der Waals surface area contributed by atoms with E-state index in [1.165, 1.54) is 0 Å². The molecule has 62 valence electrons. The van der Waals surface area contributed by atoms with Gasteiger partial charge in [-0.05, 0) is 17.0 Å². The van der Waals surface area contributed by atoms with Crippen molar-refractivity contribution in [1.29, 1.82) is 0 Å². The van der Waals surface area contributed by atoms with E-state index in [0.717, 1.165) is 21.6 Å². The van der Waals surface area contributed by atoms with Crippen LogP contribution >= 0.6 is 11.3 Å². The third-order valence-corrected chi connectivity index (χ3v) is 2.85. The average Bonchev–Trinajstić information content (AvgIpc) is 2.53. The van der Waals surface area contributed by atoms with Crippen LogP contribution in [0.3, 0.4) is 0 Å². The summed E-state index contributed by atoms with van der Waals surface area (Å²) in [7, 11) is 5.59. The van der Waals surface area contributed by atoms with Crippen LogP contribution in [0.25, 0.3) is 10.4 Å². The van der Waals surface area contributed by atoms with Crippen molar-refractivity contribution >= 4 is 30.3 Å². The van der Waals surface area contributed by atoms with Gasteiger partial charge in [0.2, 0.25) is 0 Å². The molecular formula is C10H8BNS. The van der Waals surface area contributed by atoms with Gasteiger partial charge < -0.3 is 5.73 Å². The molecule has 2 rings (SSSR count). The third kappa shape index (κ3) is 1.60. The highest BCUT2D eigenvalue weighted by Crippen LogP contribution is 2.30. The number of nitrogen functional groups attached to an aromatic ring is 1. The maximum Gasteiger partial charge on any atom is 0.113 e. The van der Waals surface area contributed by atoms with Crippen LogP contribution in [0, 0.1) is 0 Å². The first-order chi connectivity index (χ1) is 6.27. The fraction of sp³-hybridized carbons (Fsp3) is 0. The molecule has 0 amide bonds. The van der Waals surface area contributed by atoms with E-state index in [2.05, 4.69) is 0 Å². The molecule has 0 saturated carbocycles. The van der Waals surface area contributed by atoms with E-state index in [1.807, 2.05) is 35.7 Å². The van der Waals surface area contributed by atoms with E-state index < -0.39 is 0 Å². The van der Waals surface area contributed by atoms with Crippen LogP contribution < -0.4 is 11.2 Å². The molecule has 2 aromatic rings. The zero-order valence-electron chi connectivity index (χ0n) is 7.03. The largest absolute Gasteiger partial charge is 0.398 e. The summed E-state index contributed by atoms with van der Waals surface area (Å²) in [5.41, 5.74) is 8.52. The van der Waals surface area contributed by atoms with Gasteiger partial charge >= 0.3 is 0 Å². The smallest absolute Gasteiger partial charge is 0.113 e. The van der Waals surface area contributed by atoms with E-state index in [9.17, 15) is 0 Å². The van der Waals surface area contributed by atoms with Crippen molar-refractivity contribution in [3.8, 4) is 10.4 Å². The lowest BCUT2D eigenvalue weighted by molar-refractivity contribution is 1.73. The van der Waals surface area contributed by atoms with Crippen LogP contribution in [-0.4, -0.2) is 7.85 Å². The summed E-state index contributed by atoms with van der Waals surface area (Å²) < 4.78 is 0. The van der Waals surface area contributed by atoms with Crippen molar-refractivity contribution < 1.29 is 0 Å². The second kappa shape index (κ2) is 3.26. The van der Waals surface area contributed by atoms with Crippen LogP contribution in [0.2, 0.25) is 0 Å². The quantitative estimate of drug-likeness (QED) is 0.673. The van der Waals surface area contributed by atoms with Gasteiger partial charge in [0.1, 0.15) is 7.85 Å². The molecule has 2 N–H and O–H groups in total. The Bertz CT molecular complexity index is 405. The molecule has 2 radical (unpaired) electrons. The third-order valence-electron chi connectivity index (χ3n) is 1.87. The van der Waals surface area contributed by atoms with Gasteiger partial charge in [0, 0.05) is 0 Å². The van der Waals surface area contributed by atoms with Gasteiger partial charge in [0.05, 0.1) is 10.6 Å². The van der Waals surface area contributed by atoms with E-state index in [1.54, 1.807) is 11.3 Å². The number of nitrogens with two attached hydrogens (primary N) is 1. The second-order valence-corrected chi connectivity index (χ2v) is 3.74. The number of hydrogen-bond donors (Lipinski definition) is 1. The Kier molecular flexibility index (Phi) is 2.11. The molecule has 0 spiro atoms. The Labute approximate surface area is 82.6 Å². The topological polar surface area (TPSA) is 26.0 Å². The average molecular weight is 185 g/mol. The number of anilines is 1.